The minimum Gasteiger partial charge on any atom is -0.494 e. The number of ether oxygens (including phenoxy) is 1. The lowest BCUT2D eigenvalue weighted by molar-refractivity contribution is -0.384. The average Bonchev–Trinajstić information content (AvgIpc) is 2.47. The second-order valence-electron chi connectivity index (χ2n) is 4.04. The molecule has 1 aromatic heterocycles. The number of nitrogens with zero attached hydrogens (tertiary/aromatic N) is 2. The van der Waals surface area contributed by atoms with Crippen LogP contribution in [-0.2, 0) is 0 Å². The Morgan fingerprint density at radius 2 is 2.14 bits per heavy atom. The Bertz CT molecular complexity index is 702. The highest BCUT2D eigenvalue weighted by molar-refractivity contribution is 6.03. The van der Waals surface area contributed by atoms with Crippen molar-refractivity contribution < 1.29 is 14.5 Å². The number of anilines is 2. The molecule has 1 heterocycles. The summed E-state index contributed by atoms with van der Waals surface area (Å²) < 4.78 is 5.03. The third-order valence-electron chi connectivity index (χ3n) is 2.65. The summed E-state index contributed by atoms with van der Waals surface area (Å²) in [5.41, 5.74) is 5.81. The maximum Gasteiger partial charge on any atom is 0.274 e. The molecule has 0 unspecified atom stereocenters. The summed E-state index contributed by atoms with van der Waals surface area (Å²) in [6, 6.07) is 8.55. The molecule has 8 nitrogen and oxygen atoms in total. The van der Waals surface area contributed by atoms with Gasteiger partial charge in [-0.05, 0) is 18.2 Å². The molecule has 2 rings (SSSR count). The molecule has 0 aliphatic carbocycles. The Balaban J connectivity index is 2.27. The van der Waals surface area contributed by atoms with Gasteiger partial charge in [0, 0.05) is 6.07 Å². The van der Waals surface area contributed by atoms with Crippen LogP contribution in [0, 0.1) is 10.1 Å². The van der Waals surface area contributed by atoms with E-state index in [1.165, 1.54) is 31.4 Å². The van der Waals surface area contributed by atoms with Gasteiger partial charge in [0.25, 0.3) is 11.6 Å². The number of benzene rings is 1. The number of methoxy groups -OCH3 is 1. The first kappa shape index (κ1) is 14.3. The number of carbonyl (C=O) groups is 1. The van der Waals surface area contributed by atoms with Gasteiger partial charge < -0.3 is 15.8 Å². The number of hydrogen-bond donors (Lipinski definition) is 2. The Hall–Kier alpha value is -3.16. The number of nitro groups is 1. The number of nitrogens with two attached hydrogens (primary N) is 1. The Morgan fingerprint density at radius 3 is 2.76 bits per heavy atom. The molecule has 0 aliphatic rings. The minimum absolute atomic E-state index is 0.132. The van der Waals surface area contributed by atoms with Crippen LogP contribution in [0.2, 0.25) is 0 Å². The number of aromatic nitrogens is 1. The third-order valence-corrected chi connectivity index (χ3v) is 2.65. The highest BCUT2D eigenvalue weighted by Gasteiger charge is 2.15. The molecular formula is C13H12N4O4. The molecule has 0 radical (unpaired) electrons. The molecule has 0 bridgehead atoms. The van der Waals surface area contributed by atoms with Gasteiger partial charge in [-0.2, -0.15) is 0 Å². The predicted molar refractivity (Wildman–Crippen MR) is 76.3 cm³/mol. The number of nitro benzene ring substituents is 1. The molecule has 0 saturated carbocycles. The van der Waals surface area contributed by atoms with Crippen molar-refractivity contribution in [3.05, 3.63) is 52.2 Å². The molecule has 1 amide bonds. The number of nitrogen functional groups attached to an aromatic ring is 1. The smallest absolute Gasteiger partial charge is 0.274 e. The first-order valence-electron chi connectivity index (χ1n) is 5.87. The normalized spacial score (nSPS) is 9.95. The number of nitrogens with one attached hydrogen (secondary N) is 1. The summed E-state index contributed by atoms with van der Waals surface area (Å²) in [6.07, 6.45) is 0. The zero-order chi connectivity index (χ0) is 15.4. The fourth-order valence-corrected chi connectivity index (χ4v) is 1.66. The van der Waals surface area contributed by atoms with E-state index in [1.807, 2.05) is 0 Å². The number of hydrogen-bond acceptors (Lipinski definition) is 6. The van der Waals surface area contributed by atoms with Crippen molar-refractivity contribution in [1.29, 1.82) is 0 Å². The molecule has 3 N–H and O–H groups in total. The van der Waals surface area contributed by atoms with Crippen molar-refractivity contribution in [3.63, 3.8) is 0 Å². The first-order chi connectivity index (χ1) is 10.0. The number of non-ortho nitro benzene ring substituents is 1. The van der Waals surface area contributed by atoms with Gasteiger partial charge in [-0.3, -0.25) is 14.9 Å². The van der Waals surface area contributed by atoms with E-state index in [1.54, 1.807) is 12.1 Å². The summed E-state index contributed by atoms with van der Waals surface area (Å²) >= 11 is 0. The maximum atomic E-state index is 12.0. The lowest BCUT2D eigenvalue weighted by atomic mass is 10.2. The van der Waals surface area contributed by atoms with E-state index in [-0.39, 0.29) is 22.9 Å². The van der Waals surface area contributed by atoms with Gasteiger partial charge in [-0.25, -0.2) is 4.98 Å². The third kappa shape index (κ3) is 3.24. The zero-order valence-corrected chi connectivity index (χ0v) is 11.1. The van der Waals surface area contributed by atoms with Gasteiger partial charge in [-0.1, -0.05) is 6.07 Å². The number of rotatable bonds is 4. The van der Waals surface area contributed by atoms with Crippen LogP contribution in [0.25, 0.3) is 0 Å². The largest absolute Gasteiger partial charge is 0.494 e. The molecule has 108 valence electrons. The van der Waals surface area contributed by atoms with E-state index in [9.17, 15) is 14.9 Å². The molecule has 0 saturated heterocycles. The fourth-order valence-electron chi connectivity index (χ4n) is 1.66. The van der Waals surface area contributed by atoms with E-state index < -0.39 is 10.8 Å². The Kier molecular flexibility index (Phi) is 3.98. The minimum atomic E-state index is -0.548. The van der Waals surface area contributed by atoms with Gasteiger partial charge in [0.05, 0.1) is 23.8 Å². The lowest BCUT2D eigenvalue weighted by Crippen LogP contribution is -2.15. The van der Waals surface area contributed by atoms with E-state index in [0.29, 0.717) is 5.69 Å². The van der Waals surface area contributed by atoms with Gasteiger partial charge in [-0.15, -0.1) is 0 Å². The Labute approximate surface area is 119 Å². The highest BCUT2D eigenvalue weighted by atomic mass is 16.6. The summed E-state index contributed by atoms with van der Waals surface area (Å²) in [4.78, 5) is 26.1. The second kappa shape index (κ2) is 5.87. The summed E-state index contributed by atoms with van der Waals surface area (Å²) in [5, 5.41) is 13.3. The summed E-state index contributed by atoms with van der Waals surface area (Å²) in [6.45, 7) is 0. The molecule has 2 aromatic rings. The van der Waals surface area contributed by atoms with Crippen LogP contribution in [0.3, 0.4) is 0 Å². The Morgan fingerprint density at radius 1 is 1.38 bits per heavy atom. The molecule has 0 atom stereocenters. The van der Waals surface area contributed by atoms with Crippen molar-refractivity contribution >= 4 is 23.1 Å². The molecule has 0 aliphatic heterocycles. The van der Waals surface area contributed by atoms with Crippen LogP contribution in [0.15, 0.2) is 36.4 Å². The van der Waals surface area contributed by atoms with Gasteiger partial charge >= 0.3 is 0 Å². The van der Waals surface area contributed by atoms with E-state index in [4.69, 9.17) is 10.5 Å². The van der Waals surface area contributed by atoms with E-state index in [2.05, 4.69) is 10.3 Å². The van der Waals surface area contributed by atoms with Crippen LogP contribution >= 0.6 is 0 Å². The maximum absolute atomic E-state index is 12.0. The van der Waals surface area contributed by atoms with Crippen molar-refractivity contribution in [2.45, 2.75) is 0 Å². The van der Waals surface area contributed by atoms with Crippen LogP contribution in [0.4, 0.5) is 17.2 Å². The quantitative estimate of drug-likeness (QED) is 0.654. The average molecular weight is 288 g/mol. The fraction of sp³-hybridized carbons (Fsp3) is 0.0769. The van der Waals surface area contributed by atoms with Gasteiger partial charge in [0.2, 0.25) is 0 Å². The van der Waals surface area contributed by atoms with Crippen molar-refractivity contribution in [2.75, 3.05) is 18.2 Å². The summed E-state index contributed by atoms with van der Waals surface area (Å²) in [7, 11) is 1.35. The molecule has 0 fully saturated rings. The predicted octanol–water partition coefficient (Wildman–Crippen LogP) is 1.83. The number of amides is 1. The van der Waals surface area contributed by atoms with Crippen LogP contribution in [0.5, 0.6) is 5.75 Å². The van der Waals surface area contributed by atoms with Crippen LogP contribution < -0.4 is 15.8 Å². The first-order valence-corrected chi connectivity index (χ1v) is 5.87. The van der Waals surface area contributed by atoms with Crippen LogP contribution in [0.1, 0.15) is 10.5 Å². The lowest BCUT2D eigenvalue weighted by Gasteiger charge is -2.09. The second-order valence-corrected chi connectivity index (χ2v) is 4.04. The summed E-state index contributed by atoms with van der Waals surface area (Å²) in [5.74, 6) is -0.0887. The van der Waals surface area contributed by atoms with Crippen molar-refractivity contribution in [1.82, 2.24) is 4.98 Å². The molecule has 1 aromatic carbocycles. The van der Waals surface area contributed by atoms with Crippen molar-refractivity contribution in [2.24, 2.45) is 0 Å². The zero-order valence-electron chi connectivity index (χ0n) is 11.1. The van der Waals surface area contributed by atoms with Gasteiger partial charge in [0.15, 0.2) is 0 Å². The molecule has 21 heavy (non-hydrogen) atoms. The molecule has 0 spiro atoms. The number of carbonyl (C=O) groups excluding carboxylic acids is 1. The van der Waals surface area contributed by atoms with E-state index in [0.717, 1.165) is 0 Å². The van der Waals surface area contributed by atoms with Gasteiger partial charge in [0.1, 0.15) is 17.3 Å². The van der Waals surface area contributed by atoms with Crippen LogP contribution in [-0.4, -0.2) is 22.9 Å². The highest BCUT2D eigenvalue weighted by Crippen LogP contribution is 2.29. The number of pyridine rings is 1. The van der Waals surface area contributed by atoms with E-state index >= 15 is 0 Å². The SMILES string of the molecule is COc1cc([N+](=O)[O-])ccc1NC(=O)c1cccc(N)n1. The molecular weight excluding hydrogens is 276 g/mol. The van der Waals surface area contributed by atoms with Crippen molar-refractivity contribution in [3.8, 4) is 5.75 Å². The topological polar surface area (TPSA) is 120 Å². The molecule has 8 heteroatoms. The monoisotopic (exact) mass is 288 g/mol. The standard InChI is InChI=1S/C13H12N4O4/c1-21-11-7-8(17(19)20)5-6-9(11)16-13(18)10-3-2-4-12(14)15-10/h2-7H,1H3,(H2,14,15)(H,16,18).